The maximum absolute atomic E-state index is 9.20. The van der Waals surface area contributed by atoms with Gasteiger partial charge in [0.1, 0.15) is 6.07 Å². The van der Waals surface area contributed by atoms with Crippen LogP contribution in [0.4, 0.5) is 5.69 Å². The molecule has 1 aromatic carbocycles. The van der Waals surface area contributed by atoms with Gasteiger partial charge in [0.25, 0.3) is 0 Å². The lowest BCUT2D eigenvalue weighted by atomic mass is 10.1. The molecule has 0 fully saturated rings. The van der Waals surface area contributed by atoms with E-state index in [0.29, 0.717) is 18.2 Å². The number of anilines is 1. The van der Waals surface area contributed by atoms with Gasteiger partial charge in [-0.25, -0.2) is 0 Å². The molecule has 0 aliphatic rings. The number of hydrogen-bond donors (Lipinski definition) is 1. The Bertz CT molecular complexity index is 402. The first-order valence-electron chi connectivity index (χ1n) is 6.13. The molecular weight excluding hydrogens is 210 g/mol. The van der Waals surface area contributed by atoms with Gasteiger partial charge in [0.2, 0.25) is 0 Å². The molecular formula is C14H21N3. The van der Waals surface area contributed by atoms with Gasteiger partial charge in [0.15, 0.2) is 0 Å². The third kappa shape index (κ3) is 2.98. The fourth-order valence-electron chi connectivity index (χ4n) is 2.14. The Morgan fingerprint density at radius 1 is 1.35 bits per heavy atom. The Kier molecular flexibility index (Phi) is 4.99. The molecule has 0 aliphatic heterocycles. The summed E-state index contributed by atoms with van der Waals surface area (Å²) in [5.74, 6) is 0. The average molecular weight is 231 g/mol. The Balaban J connectivity index is 3.09. The molecule has 3 heteroatoms. The SMILES string of the molecule is CCC(CC)N(C)c1ccc(CN)cc1C#N. The smallest absolute Gasteiger partial charge is 0.101 e. The van der Waals surface area contributed by atoms with Gasteiger partial charge in [-0.15, -0.1) is 0 Å². The highest BCUT2D eigenvalue weighted by atomic mass is 15.1. The van der Waals surface area contributed by atoms with Crippen molar-refractivity contribution in [1.29, 1.82) is 5.26 Å². The van der Waals surface area contributed by atoms with E-state index in [4.69, 9.17) is 5.73 Å². The molecule has 0 spiro atoms. The topological polar surface area (TPSA) is 53.0 Å². The van der Waals surface area contributed by atoms with E-state index in [1.807, 2.05) is 18.2 Å². The van der Waals surface area contributed by atoms with Crippen LogP contribution in [0.2, 0.25) is 0 Å². The van der Waals surface area contributed by atoms with Gasteiger partial charge < -0.3 is 10.6 Å². The summed E-state index contributed by atoms with van der Waals surface area (Å²) in [5.41, 5.74) is 8.30. The van der Waals surface area contributed by atoms with Gasteiger partial charge in [-0.1, -0.05) is 19.9 Å². The fourth-order valence-corrected chi connectivity index (χ4v) is 2.14. The van der Waals surface area contributed by atoms with Crippen molar-refractivity contribution in [1.82, 2.24) is 0 Å². The molecule has 0 saturated carbocycles. The summed E-state index contributed by atoms with van der Waals surface area (Å²) in [5, 5.41) is 9.20. The minimum absolute atomic E-state index is 0.476. The molecule has 0 aromatic heterocycles. The fraction of sp³-hybridized carbons (Fsp3) is 0.500. The number of nitriles is 1. The van der Waals surface area contributed by atoms with Crippen LogP contribution in [-0.2, 0) is 6.54 Å². The first-order chi connectivity index (χ1) is 8.17. The van der Waals surface area contributed by atoms with E-state index >= 15 is 0 Å². The van der Waals surface area contributed by atoms with E-state index in [-0.39, 0.29) is 0 Å². The van der Waals surface area contributed by atoms with Crippen LogP contribution in [0.5, 0.6) is 0 Å². The first kappa shape index (κ1) is 13.5. The molecule has 0 aliphatic carbocycles. The maximum atomic E-state index is 9.20. The second-order valence-electron chi connectivity index (χ2n) is 4.25. The molecule has 17 heavy (non-hydrogen) atoms. The lowest BCUT2D eigenvalue weighted by Crippen LogP contribution is -2.30. The minimum Gasteiger partial charge on any atom is -0.371 e. The summed E-state index contributed by atoms with van der Waals surface area (Å²) in [4.78, 5) is 2.19. The number of nitrogens with two attached hydrogens (primary N) is 1. The average Bonchev–Trinajstić information content (AvgIpc) is 2.39. The molecule has 0 saturated heterocycles. The molecule has 0 radical (unpaired) electrons. The summed E-state index contributed by atoms with van der Waals surface area (Å²) >= 11 is 0. The number of hydrogen-bond acceptors (Lipinski definition) is 3. The predicted octanol–water partition coefficient (Wildman–Crippen LogP) is 2.64. The first-order valence-corrected chi connectivity index (χ1v) is 6.13. The lowest BCUT2D eigenvalue weighted by Gasteiger charge is -2.29. The Morgan fingerprint density at radius 3 is 2.47 bits per heavy atom. The van der Waals surface area contributed by atoms with E-state index in [1.165, 1.54) is 0 Å². The van der Waals surface area contributed by atoms with Crippen molar-refractivity contribution >= 4 is 5.69 Å². The summed E-state index contributed by atoms with van der Waals surface area (Å²) in [6.07, 6.45) is 2.16. The molecule has 1 aromatic rings. The molecule has 1 rings (SSSR count). The highest BCUT2D eigenvalue weighted by Crippen LogP contribution is 2.24. The zero-order valence-electron chi connectivity index (χ0n) is 10.9. The van der Waals surface area contributed by atoms with Crippen molar-refractivity contribution in [2.45, 2.75) is 39.3 Å². The van der Waals surface area contributed by atoms with Crippen LogP contribution in [0.15, 0.2) is 18.2 Å². The zero-order valence-corrected chi connectivity index (χ0v) is 10.9. The predicted molar refractivity (Wildman–Crippen MR) is 71.8 cm³/mol. The third-order valence-electron chi connectivity index (χ3n) is 3.29. The minimum atomic E-state index is 0.476. The largest absolute Gasteiger partial charge is 0.371 e. The van der Waals surface area contributed by atoms with Gasteiger partial charge in [-0.05, 0) is 30.5 Å². The number of benzene rings is 1. The van der Waals surface area contributed by atoms with Crippen LogP contribution in [0.3, 0.4) is 0 Å². The van der Waals surface area contributed by atoms with Crippen LogP contribution in [-0.4, -0.2) is 13.1 Å². The highest BCUT2D eigenvalue weighted by molar-refractivity contribution is 5.60. The molecule has 2 N–H and O–H groups in total. The van der Waals surface area contributed by atoms with Gasteiger partial charge >= 0.3 is 0 Å². The second kappa shape index (κ2) is 6.27. The van der Waals surface area contributed by atoms with Gasteiger partial charge in [0.05, 0.1) is 11.3 Å². The number of nitrogens with zero attached hydrogens (tertiary/aromatic N) is 2. The summed E-state index contributed by atoms with van der Waals surface area (Å²) in [7, 11) is 2.05. The second-order valence-corrected chi connectivity index (χ2v) is 4.25. The van der Waals surface area contributed by atoms with E-state index in [1.54, 1.807) is 0 Å². The van der Waals surface area contributed by atoms with Crippen molar-refractivity contribution in [3.63, 3.8) is 0 Å². The van der Waals surface area contributed by atoms with Crippen molar-refractivity contribution in [3.8, 4) is 6.07 Å². The van der Waals surface area contributed by atoms with Crippen molar-refractivity contribution in [2.75, 3.05) is 11.9 Å². The van der Waals surface area contributed by atoms with Crippen LogP contribution < -0.4 is 10.6 Å². The zero-order chi connectivity index (χ0) is 12.8. The van der Waals surface area contributed by atoms with E-state index < -0.39 is 0 Å². The molecule has 0 unspecified atom stereocenters. The molecule has 0 atom stereocenters. The Hall–Kier alpha value is -1.53. The van der Waals surface area contributed by atoms with E-state index in [0.717, 1.165) is 24.1 Å². The molecule has 0 heterocycles. The Labute approximate surface area is 104 Å². The molecule has 92 valence electrons. The number of rotatable bonds is 5. The summed E-state index contributed by atoms with van der Waals surface area (Å²) < 4.78 is 0. The van der Waals surface area contributed by atoms with Crippen molar-refractivity contribution in [2.24, 2.45) is 5.73 Å². The molecule has 3 nitrogen and oxygen atoms in total. The quantitative estimate of drug-likeness (QED) is 0.847. The lowest BCUT2D eigenvalue weighted by molar-refractivity contribution is 0.591. The van der Waals surface area contributed by atoms with Gasteiger partial charge in [-0.2, -0.15) is 5.26 Å². The van der Waals surface area contributed by atoms with Gasteiger partial charge in [0, 0.05) is 19.6 Å². The van der Waals surface area contributed by atoms with Crippen molar-refractivity contribution < 1.29 is 0 Å². The Morgan fingerprint density at radius 2 is 2.00 bits per heavy atom. The normalized spacial score (nSPS) is 10.4. The van der Waals surface area contributed by atoms with Crippen LogP contribution >= 0.6 is 0 Å². The summed E-state index contributed by atoms with van der Waals surface area (Å²) in [6.45, 7) is 4.82. The monoisotopic (exact) mass is 231 g/mol. The maximum Gasteiger partial charge on any atom is 0.101 e. The van der Waals surface area contributed by atoms with Crippen LogP contribution in [0, 0.1) is 11.3 Å². The summed E-state index contributed by atoms with van der Waals surface area (Å²) in [6, 6.07) is 8.61. The van der Waals surface area contributed by atoms with Crippen molar-refractivity contribution in [3.05, 3.63) is 29.3 Å². The third-order valence-corrected chi connectivity index (χ3v) is 3.29. The highest BCUT2D eigenvalue weighted by Gasteiger charge is 2.14. The van der Waals surface area contributed by atoms with E-state index in [2.05, 4.69) is 31.9 Å². The molecule has 0 bridgehead atoms. The molecule has 0 amide bonds. The van der Waals surface area contributed by atoms with Crippen LogP contribution in [0.1, 0.15) is 37.8 Å². The standard InChI is InChI=1S/C14H21N3/c1-4-13(5-2)17(3)14-7-6-11(9-15)8-12(14)10-16/h6-8,13H,4-5,9,15H2,1-3H3. The van der Waals surface area contributed by atoms with E-state index in [9.17, 15) is 5.26 Å². The van der Waals surface area contributed by atoms with Crippen LogP contribution in [0.25, 0.3) is 0 Å². The van der Waals surface area contributed by atoms with Gasteiger partial charge in [-0.3, -0.25) is 0 Å².